The third-order valence-electron chi connectivity index (χ3n) is 4.31. The van der Waals surface area contributed by atoms with Gasteiger partial charge in [0.25, 0.3) is 0 Å². The largest absolute Gasteiger partial charge is 0.481 e. The predicted octanol–water partition coefficient (Wildman–Crippen LogP) is 2.55. The Kier molecular flexibility index (Phi) is 15.2. The molecule has 174 valence electrons. The minimum atomic E-state index is -1.33. The van der Waals surface area contributed by atoms with Crippen LogP contribution in [-0.4, -0.2) is 52.6 Å². The number of Topliss-reactive ketones (excluding diaryl/α,β-unsaturated/α-hetero) is 1. The van der Waals surface area contributed by atoms with Crippen LogP contribution >= 0.6 is 0 Å². The molecule has 2 amide bonds. The van der Waals surface area contributed by atoms with Gasteiger partial charge in [-0.2, -0.15) is 0 Å². The van der Waals surface area contributed by atoms with E-state index < -0.39 is 30.1 Å². The Hall–Kier alpha value is -2.94. The first-order valence-corrected chi connectivity index (χ1v) is 10.6. The first-order chi connectivity index (χ1) is 14.8. The molecule has 1 aromatic carbocycles. The molecule has 31 heavy (non-hydrogen) atoms. The van der Waals surface area contributed by atoms with Crippen molar-refractivity contribution >= 4 is 23.8 Å². The maximum atomic E-state index is 12.0. The van der Waals surface area contributed by atoms with Crippen LogP contribution in [0.1, 0.15) is 58.4 Å². The Bertz CT molecular complexity index is 681. The van der Waals surface area contributed by atoms with E-state index in [0.717, 1.165) is 19.5 Å². The lowest BCUT2D eigenvalue weighted by Crippen LogP contribution is -2.50. The molecule has 0 saturated heterocycles. The number of aliphatic carboxylic acids is 2. The summed E-state index contributed by atoms with van der Waals surface area (Å²) in [6.45, 7) is 6.88. The number of carbonyl (C=O) groups is 4. The molecule has 9 heteroatoms. The lowest BCUT2D eigenvalue weighted by molar-refractivity contribution is -0.140. The van der Waals surface area contributed by atoms with Crippen molar-refractivity contribution in [3.05, 3.63) is 35.9 Å². The Morgan fingerprint density at radius 3 is 2.06 bits per heavy atom. The summed E-state index contributed by atoms with van der Waals surface area (Å²) in [6.07, 6.45) is 1.33. The zero-order valence-corrected chi connectivity index (χ0v) is 18.5. The number of rotatable bonds is 14. The zero-order chi connectivity index (χ0) is 23.6. The number of urea groups is 1. The Morgan fingerprint density at radius 1 is 0.903 bits per heavy atom. The van der Waals surface area contributed by atoms with Gasteiger partial charge < -0.3 is 26.2 Å². The van der Waals surface area contributed by atoms with E-state index in [0.29, 0.717) is 12.8 Å². The van der Waals surface area contributed by atoms with Gasteiger partial charge in [0, 0.05) is 13.0 Å². The Labute approximate surface area is 183 Å². The van der Waals surface area contributed by atoms with Crippen molar-refractivity contribution in [2.24, 2.45) is 0 Å². The van der Waals surface area contributed by atoms with Gasteiger partial charge in [0.05, 0.1) is 6.04 Å². The highest BCUT2D eigenvalue weighted by atomic mass is 16.4. The van der Waals surface area contributed by atoms with Crippen LogP contribution in [0, 0.1) is 0 Å². The second kappa shape index (κ2) is 16.8. The maximum Gasteiger partial charge on any atom is 0.326 e. The highest BCUT2D eigenvalue weighted by Gasteiger charge is 2.23. The number of carboxylic acid groups (broad SMARTS) is 2. The summed E-state index contributed by atoms with van der Waals surface area (Å²) < 4.78 is 0. The predicted molar refractivity (Wildman–Crippen MR) is 118 cm³/mol. The number of unbranched alkanes of at least 4 members (excludes halogenated alkanes) is 1. The van der Waals surface area contributed by atoms with Gasteiger partial charge in [0.1, 0.15) is 6.04 Å². The van der Waals surface area contributed by atoms with Crippen molar-refractivity contribution < 1.29 is 29.4 Å². The fraction of sp³-hybridized carbons (Fsp3) is 0.545. The summed E-state index contributed by atoms with van der Waals surface area (Å²) in [5.74, 6) is -2.71. The van der Waals surface area contributed by atoms with Crippen LogP contribution in [0.2, 0.25) is 0 Å². The van der Waals surface area contributed by atoms with Crippen LogP contribution in [-0.2, 0) is 20.9 Å². The van der Waals surface area contributed by atoms with Crippen LogP contribution in [0.3, 0.4) is 0 Å². The summed E-state index contributed by atoms with van der Waals surface area (Å²) in [4.78, 5) is 45.5. The second-order valence-corrected chi connectivity index (χ2v) is 6.76. The monoisotopic (exact) mass is 437 g/mol. The topological polar surface area (TPSA) is 145 Å². The number of ketones is 1. The van der Waals surface area contributed by atoms with Crippen molar-refractivity contribution in [2.45, 2.75) is 71.5 Å². The molecule has 0 radical (unpaired) electrons. The lowest BCUT2D eigenvalue weighted by atomic mass is 10.1. The van der Waals surface area contributed by atoms with Crippen molar-refractivity contribution in [2.75, 3.05) is 6.54 Å². The first kappa shape index (κ1) is 28.1. The van der Waals surface area contributed by atoms with E-state index in [2.05, 4.69) is 16.0 Å². The van der Waals surface area contributed by atoms with Crippen LogP contribution < -0.4 is 16.0 Å². The van der Waals surface area contributed by atoms with Gasteiger partial charge in [-0.05, 0) is 44.7 Å². The minimum absolute atomic E-state index is 0.227. The SMILES string of the molecule is CC.CC(=O)[C@H](CCCCNCc1ccccc1)NC(=O)N[C@@H](CCC(=O)O)C(=O)O. The minimum Gasteiger partial charge on any atom is -0.481 e. The number of hydrogen-bond donors (Lipinski definition) is 5. The highest BCUT2D eigenvalue weighted by Crippen LogP contribution is 2.04. The number of carboxylic acids is 2. The lowest BCUT2D eigenvalue weighted by Gasteiger charge is -2.19. The molecular weight excluding hydrogens is 402 g/mol. The van der Waals surface area contributed by atoms with Gasteiger partial charge in [-0.15, -0.1) is 0 Å². The molecule has 0 aliphatic carbocycles. The molecule has 0 aromatic heterocycles. The van der Waals surface area contributed by atoms with E-state index in [1.54, 1.807) is 0 Å². The van der Waals surface area contributed by atoms with Gasteiger partial charge >= 0.3 is 18.0 Å². The maximum absolute atomic E-state index is 12.0. The van der Waals surface area contributed by atoms with E-state index >= 15 is 0 Å². The number of carbonyl (C=O) groups excluding carboxylic acids is 2. The van der Waals surface area contributed by atoms with E-state index in [1.807, 2.05) is 44.2 Å². The molecule has 5 N–H and O–H groups in total. The molecular formula is C22H35N3O6. The molecule has 0 fully saturated rings. The van der Waals surface area contributed by atoms with Crippen molar-refractivity contribution in [3.8, 4) is 0 Å². The van der Waals surface area contributed by atoms with Crippen molar-refractivity contribution in [1.82, 2.24) is 16.0 Å². The van der Waals surface area contributed by atoms with Crippen molar-refractivity contribution in [1.29, 1.82) is 0 Å². The normalized spacial score (nSPS) is 12.0. The number of benzene rings is 1. The molecule has 9 nitrogen and oxygen atoms in total. The molecule has 1 aromatic rings. The van der Waals surface area contributed by atoms with Gasteiger partial charge in [0.2, 0.25) is 0 Å². The van der Waals surface area contributed by atoms with Crippen molar-refractivity contribution in [3.63, 3.8) is 0 Å². The van der Waals surface area contributed by atoms with Crippen LogP contribution in [0.15, 0.2) is 30.3 Å². The molecule has 0 saturated carbocycles. The van der Waals surface area contributed by atoms with E-state index in [-0.39, 0.29) is 18.6 Å². The van der Waals surface area contributed by atoms with Gasteiger partial charge in [-0.1, -0.05) is 44.2 Å². The van der Waals surface area contributed by atoms with Gasteiger partial charge in [0.15, 0.2) is 5.78 Å². The Balaban J connectivity index is 0.00000436. The number of nitrogens with one attached hydrogen (secondary N) is 3. The summed E-state index contributed by atoms with van der Waals surface area (Å²) in [7, 11) is 0. The summed E-state index contributed by atoms with van der Waals surface area (Å²) in [5.41, 5.74) is 1.18. The van der Waals surface area contributed by atoms with Gasteiger partial charge in [-0.3, -0.25) is 9.59 Å². The fourth-order valence-corrected chi connectivity index (χ4v) is 2.69. The summed E-state index contributed by atoms with van der Waals surface area (Å²) in [6, 6.07) is 7.11. The van der Waals surface area contributed by atoms with Crippen LogP contribution in [0.4, 0.5) is 4.79 Å². The smallest absolute Gasteiger partial charge is 0.326 e. The fourth-order valence-electron chi connectivity index (χ4n) is 2.69. The highest BCUT2D eigenvalue weighted by molar-refractivity contribution is 5.88. The average Bonchev–Trinajstić information content (AvgIpc) is 2.74. The standard InChI is InChI=1S/C20H29N3O6.C2H6/c1-14(24)16(9-5-6-12-21-13-15-7-3-2-4-8-15)22-20(29)23-17(19(27)28)10-11-18(25)26;1-2/h2-4,7-8,16-17,21H,5-6,9-13H2,1H3,(H,25,26)(H,27,28)(H2,22,23,29);1-2H3/t16-,17-;/m0./s1. The van der Waals surface area contributed by atoms with Crippen LogP contribution in [0.25, 0.3) is 0 Å². The first-order valence-electron chi connectivity index (χ1n) is 10.6. The summed E-state index contributed by atoms with van der Waals surface area (Å²) in [5, 5.41) is 25.7. The molecule has 2 atom stereocenters. The zero-order valence-electron chi connectivity index (χ0n) is 18.5. The quantitative estimate of drug-likeness (QED) is 0.281. The molecule has 0 spiro atoms. The second-order valence-electron chi connectivity index (χ2n) is 6.76. The number of hydrogen-bond acceptors (Lipinski definition) is 5. The van der Waals surface area contributed by atoms with Gasteiger partial charge in [-0.25, -0.2) is 9.59 Å². The molecule has 0 bridgehead atoms. The third kappa shape index (κ3) is 13.8. The van der Waals surface area contributed by atoms with E-state index in [1.165, 1.54) is 12.5 Å². The summed E-state index contributed by atoms with van der Waals surface area (Å²) >= 11 is 0. The Morgan fingerprint density at radius 2 is 1.52 bits per heavy atom. The molecule has 0 heterocycles. The van der Waals surface area contributed by atoms with E-state index in [4.69, 9.17) is 10.2 Å². The van der Waals surface area contributed by atoms with Crippen LogP contribution in [0.5, 0.6) is 0 Å². The molecule has 0 aliphatic rings. The number of amides is 2. The molecule has 0 unspecified atom stereocenters. The third-order valence-corrected chi connectivity index (χ3v) is 4.31. The molecule has 0 aliphatic heterocycles. The van der Waals surface area contributed by atoms with E-state index in [9.17, 15) is 19.2 Å². The molecule has 1 rings (SSSR count). The average molecular weight is 438 g/mol.